The highest BCUT2D eigenvalue weighted by atomic mass is 16.6. The first-order chi connectivity index (χ1) is 9.90. The van der Waals surface area contributed by atoms with Crippen LogP contribution in [0.15, 0.2) is 24.3 Å². The van der Waals surface area contributed by atoms with Gasteiger partial charge in [-0.2, -0.15) is 0 Å². The Morgan fingerprint density at radius 1 is 1.48 bits per heavy atom. The van der Waals surface area contributed by atoms with Gasteiger partial charge in [-0.05, 0) is 18.4 Å². The van der Waals surface area contributed by atoms with Gasteiger partial charge < -0.3 is 5.11 Å². The van der Waals surface area contributed by atoms with Crippen LogP contribution in [0.3, 0.4) is 0 Å². The second kappa shape index (κ2) is 5.70. The maximum absolute atomic E-state index is 11.2. The van der Waals surface area contributed by atoms with Gasteiger partial charge in [0.05, 0.1) is 16.3 Å². The number of non-ortho nitro benzene ring substituents is 1. The molecule has 8 nitrogen and oxygen atoms in total. The molecule has 110 valence electrons. The number of aromatic nitrogens is 3. The van der Waals surface area contributed by atoms with E-state index < -0.39 is 10.9 Å². The molecule has 2 aromatic rings. The fourth-order valence-electron chi connectivity index (χ4n) is 1.98. The Bertz CT molecular complexity index is 693. The highest BCUT2D eigenvalue weighted by Gasteiger charge is 2.21. The lowest BCUT2D eigenvalue weighted by Gasteiger charge is -2.09. The van der Waals surface area contributed by atoms with Crippen LogP contribution in [0.4, 0.5) is 5.69 Å². The molecule has 1 aromatic heterocycles. The molecular weight excluding hydrogens is 276 g/mol. The van der Waals surface area contributed by atoms with Crippen LogP contribution in [0.25, 0.3) is 5.69 Å². The number of benzene rings is 1. The molecule has 21 heavy (non-hydrogen) atoms. The topological polar surface area (TPSA) is 111 Å². The quantitative estimate of drug-likeness (QED) is 0.666. The zero-order chi connectivity index (χ0) is 15.6. The Balaban J connectivity index is 2.55. The number of carboxylic acid groups (broad SMARTS) is 1. The number of rotatable bonds is 5. The Labute approximate surface area is 120 Å². The van der Waals surface area contributed by atoms with E-state index in [1.54, 1.807) is 6.07 Å². The van der Waals surface area contributed by atoms with Gasteiger partial charge in [0, 0.05) is 12.1 Å². The van der Waals surface area contributed by atoms with Crippen molar-refractivity contribution in [1.82, 2.24) is 15.0 Å². The van der Waals surface area contributed by atoms with Gasteiger partial charge in [0.1, 0.15) is 0 Å². The molecule has 0 aliphatic carbocycles. The minimum Gasteiger partial charge on any atom is -0.476 e. The molecular formula is C13H14N4O4. The Kier molecular flexibility index (Phi) is 3.97. The van der Waals surface area contributed by atoms with Crippen molar-refractivity contribution in [3.63, 3.8) is 0 Å². The predicted molar refractivity (Wildman–Crippen MR) is 73.5 cm³/mol. The Hall–Kier alpha value is -2.77. The number of hydrogen-bond donors (Lipinski definition) is 1. The monoisotopic (exact) mass is 290 g/mol. The first-order valence-corrected chi connectivity index (χ1v) is 6.33. The Morgan fingerprint density at radius 3 is 2.76 bits per heavy atom. The van der Waals surface area contributed by atoms with E-state index in [4.69, 9.17) is 5.11 Å². The van der Waals surface area contributed by atoms with Crippen molar-refractivity contribution >= 4 is 11.7 Å². The average molecular weight is 290 g/mol. The first-order valence-electron chi connectivity index (χ1n) is 6.33. The number of nitro groups is 1. The van der Waals surface area contributed by atoms with Crippen LogP contribution in [-0.4, -0.2) is 31.0 Å². The van der Waals surface area contributed by atoms with Gasteiger partial charge in [0.25, 0.3) is 5.69 Å². The number of nitrogens with zero attached hydrogens (tertiary/aromatic N) is 4. The second-order valence-electron chi connectivity index (χ2n) is 4.98. The summed E-state index contributed by atoms with van der Waals surface area (Å²) < 4.78 is 1.34. The summed E-state index contributed by atoms with van der Waals surface area (Å²) in [5.41, 5.74) is 0.628. The van der Waals surface area contributed by atoms with Crippen LogP contribution in [0, 0.1) is 16.0 Å². The van der Waals surface area contributed by atoms with Crippen molar-refractivity contribution < 1.29 is 14.8 Å². The van der Waals surface area contributed by atoms with Crippen molar-refractivity contribution in [2.75, 3.05) is 0 Å². The van der Waals surface area contributed by atoms with Gasteiger partial charge in [-0.25, -0.2) is 9.48 Å². The molecule has 1 aromatic carbocycles. The summed E-state index contributed by atoms with van der Waals surface area (Å²) in [7, 11) is 0. The number of carboxylic acids is 1. The zero-order valence-electron chi connectivity index (χ0n) is 11.6. The van der Waals surface area contributed by atoms with Crippen molar-refractivity contribution in [2.45, 2.75) is 20.3 Å². The molecule has 0 radical (unpaired) electrons. The van der Waals surface area contributed by atoms with E-state index in [0.717, 1.165) is 0 Å². The van der Waals surface area contributed by atoms with E-state index in [0.29, 0.717) is 17.8 Å². The Morgan fingerprint density at radius 2 is 2.19 bits per heavy atom. The van der Waals surface area contributed by atoms with Gasteiger partial charge in [-0.1, -0.05) is 25.1 Å². The van der Waals surface area contributed by atoms with Crippen LogP contribution in [0.5, 0.6) is 0 Å². The minimum absolute atomic E-state index is 0.0876. The standard InChI is InChI=1S/C13H14N4O4/c1-8(2)6-11-12(13(18)19)14-15-16(11)9-4-3-5-10(7-9)17(20)21/h3-5,7-8H,6H2,1-2H3,(H,18,19). The molecule has 1 heterocycles. The van der Waals surface area contributed by atoms with Crippen molar-refractivity contribution in [1.29, 1.82) is 0 Å². The summed E-state index contributed by atoms with van der Waals surface area (Å²) >= 11 is 0. The van der Waals surface area contributed by atoms with E-state index >= 15 is 0 Å². The maximum Gasteiger partial charge on any atom is 0.358 e. The molecule has 0 bridgehead atoms. The fraction of sp³-hybridized carbons (Fsp3) is 0.308. The first kappa shape index (κ1) is 14.6. The van der Waals surface area contributed by atoms with Gasteiger partial charge in [-0.15, -0.1) is 5.10 Å². The molecule has 0 atom stereocenters. The zero-order valence-corrected chi connectivity index (χ0v) is 11.6. The van der Waals surface area contributed by atoms with E-state index in [1.807, 2.05) is 13.8 Å². The molecule has 0 aliphatic heterocycles. The van der Waals surface area contributed by atoms with Crippen molar-refractivity contribution in [3.8, 4) is 5.69 Å². The maximum atomic E-state index is 11.2. The third-order valence-corrected chi connectivity index (χ3v) is 2.85. The van der Waals surface area contributed by atoms with Crippen LogP contribution >= 0.6 is 0 Å². The summed E-state index contributed by atoms with van der Waals surface area (Å²) in [4.78, 5) is 21.5. The van der Waals surface area contributed by atoms with Crippen molar-refractivity contribution in [3.05, 3.63) is 45.8 Å². The third kappa shape index (κ3) is 3.04. The lowest BCUT2D eigenvalue weighted by molar-refractivity contribution is -0.384. The number of hydrogen-bond acceptors (Lipinski definition) is 5. The minimum atomic E-state index is -1.16. The number of carbonyl (C=O) groups is 1. The van der Waals surface area contributed by atoms with Gasteiger partial charge in [0.2, 0.25) is 0 Å². The SMILES string of the molecule is CC(C)Cc1c(C(=O)O)nnn1-c1cccc([N+](=O)[O-])c1. The van der Waals surface area contributed by atoms with Gasteiger partial charge >= 0.3 is 5.97 Å². The largest absolute Gasteiger partial charge is 0.476 e. The number of nitro benzene ring substituents is 1. The van der Waals surface area contributed by atoms with E-state index in [1.165, 1.54) is 22.9 Å². The normalized spacial score (nSPS) is 10.8. The van der Waals surface area contributed by atoms with Crippen molar-refractivity contribution in [2.24, 2.45) is 5.92 Å². The number of aromatic carboxylic acids is 1. The second-order valence-corrected chi connectivity index (χ2v) is 4.98. The summed E-state index contributed by atoms with van der Waals surface area (Å²) in [6.07, 6.45) is 0.456. The van der Waals surface area contributed by atoms with E-state index in [-0.39, 0.29) is 17.3 Å². The lowest BCUT2D eigenvalue weighted by Crippen LogP contribution is -2.10. The average Bonchev–Trinajstić information content (AvgIpc) is 2.81. The summed E-state index contributed by atoms with van der Waals surface area (Å²) in [5.74, 6) is -0.971. The van der Waals surface area contributed by atoms with Crippen LogP contribution < -0.4 is 0 Å². The fourth-order valence-corrected chi connectivity index (χ4v) is 1.98. The molecule has 0 saturated carbocycles. The van der Waals surface area contributed by atoms with E-state index in [2.05, 4.69) is 10.3 Å². The summed E-state index contributed by atoms with van der Waals surface area (Å²) in [6, 6.07) is 5.84. The highest BCUT2D eigenvalue weighted by molar-refractivity contribution is 5.86. The van der Waals surface area contributed by atoms with Crippen LogP contribution in [0.1, 0.15) is 30.0 Å². The molecule has 0 unspecified atom stereocenters. The molecule has 0 fully saturated rings. The molecule has 8 heteroatoms. The molecule has 0 amide bonds. The van der Waals surface area contributed by atoms with E-state index in [9.17, 15) is 14.9 Å². The molecule has 0 aliphatic rings. The highest BCUT2D eigenvalue weighted by Crippen LogP contribution is 2.20. The summed E-state index contributed by atoms with van der Waals surface area (Å²) in [6.45, 7) is 3.88. The van der Waals surface area contributed by atoms with Gasteiger partial charge in [-0.3, -0.25) is 10.1 Å². The molecule has 2 rings (SSSR count). The predicted octanol–water partition coefficient (Wildman–Crippen LogP) is 2.07. The lowest BCUT2D eigenvalue weighted by atomic mass is 10.1. The molecule has 0 saturated heterocycles. The molecule has 0 spiro atoms. The van der Waals surface area contributed by atoms with Crippen LogP contribution in [0.2, 0.25) is 0 Å². The molecule has 1 N–H and O–H groups in total. The van der Waals surface area contributed by atoms with Crippen LogP contribution in [-0.2, 0) is 6.42 Å². The smallest absolute Gasteiger partial charge is 0.358 e. The summed E-state index contributed by atoms with van der Waals surface area (Å²) in [5, 5.41) is 27.5. The third-order valence-electron chi connectivity index (χ3n) is 2.85. The van der Waals surface area contributed by atoms with Gasteiger partial charge in [0.15, 0.2) is 5.69 Å².